The zero-order valence-electron chi connectivity index (χ0n) is 11.6. The van der Waals surface area contributed by atoms with E-state index in [2.05, 4.69) is 24.2 Å². The lowest BCUT2D eigenvalue weighted by Crippen LogP contribution is -1.89. The largest absolute Gasteiger partial charge is 0.367 e. The fraction of sp³-hybridized carbons (Fsp3) is 0.118. The molecule has 2 N–H and O–H groups in total. The van der Waals surface area contributed by atoms with Crippen LogP contribution in [-0.2, 0) is 6.42 Å². The lowest BCUT2D eigenvalue weighted by atomic mass is 10.00. The number of halogens is 1. The molecule has 0 saturated carbocycles. The summed E-state index contributed by atoms with van der Waals surface area (Å²) in [5, 5.41) is 4.72. The molecule has 0 unspecified atom stereocenters. The Morgan fingerprint density at radius 3 is 2.48 bits per heavy atom. The first-order valence-corrected chi connectivity index (χ1v) is 7.18. The zero-order chi connectivity index (χ0) is 14.8. The van der Waals surface area contributed by atoms with Crippen LogP contribution in [0.5, 0.6) is 0 Å². The van der Waals surface area contributed by atoms with Gasteiger partial charge in [0.1, 0.15) is 5.69 Å². The van der Waals surface area contributed by atoms with Crippen LogP contribution in [0, 0.1) is 0 Å². The minimum atomic E-state index is 0.276. The maximum absolute atomic E-state index is 6.27. The van der Waals surface area contributed by atoms with E-state index < -0.39 is 0 Å². The first-order chi connectivity index (χ1) is 10.2. The number of nitrogen functional groups attached to an aromatic ring is 1. The second-order valence-corrected chi connectivity index (χ2v) is 5.21. The Labute approximate surface area is 128 Å². The molecule has 0 radical (unpaired) electrons. The van der Waals surface area contributed by atoms with Crippen molar-refractivity contribution in [3.05, 3.63) is 59.1 Å². The summed E-state index contributed by atoms with van der Waals surface area (Å²) in [7, 11) is 0. The van der Waals surface area contributed by atoms with Crippen molar-refractivity contribution in [1.82, 2.24) is 5.16 Å². The Bertz CT molecular complexity index is 763. The molecule has 1 aromatic heterocycles. The monoisotopic (exact) mass is 298 g/mol. The number of anilines is 1. The summed E-state index contributed by atoms with van der Waals surface area (Å²) >= 11 is 6.27. The summed E-state index contributed by atoms with van der Waals surface area (Å²) < 4.78 is 5.19. The van der Waals surface area contributed by atoms with Crippen LogP contribution in [0.2, 0.25) is 5.02 Å². The van der Waals surface area contributed by atoms with Gasteiger partial charge in [0.05, 0.1) is 5.56 Å². The Hall–Kier alpha value is -2.26. The highest BCUT2D eigenvalue weighted by Gasteiger charge is 2.19. The minimum absolute atomic E-state index is 0.276. The van der Waals surface area contributed by atoms with Gasteiger partial charge in [-0.05, 0) is 18.1 Å². The number of benzene rings is 2. The van der Waals surface area contributed by atoms with Crippen LogP contribution in [0.3, 0.4) is 0 Å². The SMILES string of the molecule is CCc1ccc(-c2noc(N)c2-c2ccccc2Cl)cc1. The lowest BCUT2D eigenvalue weighted by molar-refractivity contribution is 0.439. The number of aromatic nitrogens is 1. The topological polar surface area (TPSA) is 52.0 Å². The van der Waals surface area contributed by atoms with E-state index in [1.165, 1.54) is 5.56 Å². The first kappa shape index (κ1) is 13.7. The van der Waals surface area contributed by atoms with Crippen LogP contribution in [-0.4, -0.2) is 5.16 Å². The second-order valence-electron chi connectivity index (χ2n) is 4.80. The molecular weight excluding hydrogens is 284 g/mol. The molecule has 0 aliphatic heterocycles. The predicted octanol–water partition coefficient (Wildman–Crippen LogP) is 4.81. The maximum Gasteiger partial charge on any atom is 0.230 e. The number of nitrogens with two attached hydrogens (primary N) is 1. The van der Waals surface area contributed by atoms with Crippen LogP contribution in [0.15, 0.2) is 53.1 Å². The van der Waals surface area contributed by atoms with Gasteiger partial charge in [-0.2, -0.15) is 0 Å². The Morgan fingerprint density at radius 2 is 1.81 bits per heavy atom. The zero-order valence-corrected chi connectivity index (χ0v) is 12.4. The summed E-state index contributed by atoms with van der Waals surface area (Å²) in [6, 6.07) is 15.7. The highest BCUT2D eigenvalue weighted by atomic mass is 35.5. The van der Waals surface area contributed by atoms with E-state index in [9.17, 15) is 0 Å². The molecule has 0 saturated heterocycles. The Balaban J connectivity index is 2.15. The predicted molar refractivity (Wildman–Crippen MR) is 86.2 cm³/mol. The summed E-state index contributed by atoms with van der Waals surface area (Å²) in [5.74, 6) is 0.276. The number of hydrogen-bond donors (Lipinski definition) is 1. The smallest absolute Gasteiger partial charge is 0.230 e. The molecule has 106 valence electrons. The molecule has 0 aliphatic carbocycles. The van der Waals surface area contributed by atoms with E-state index in [1.807, 2.05) is 36.4 Å². The van der Waals surface area contributed by atoms with E-state index in [4.69, 9.17) is 21.9 Å². The Morgan fingerprint density at radius 1 is 1.10 bits per heavy atom. The second kappa shape index (κ2) is 5.62. The van der Waals surface area contributed by atoms with Crippen LogP contribution in [0.4, 0.5) is 5.88 Å². The van der Waals surface area contributed by atoms with Gasteiger partial charge in [-0.15, -0.1) is 0 Å². The van der Waals surface area contributed by atoms with Gasteiger partial charge in [-0.3, -0.25) is 0 Å². The Kier molecular flexibility index (Phi) is 3.67. The van der Waals surface area contributed by atoms with Crippen LogP contribution in [0.1, 0.15) is 12.5 Å². The van der Waals surface area contributed by atoms with E-state index in [0.29, 0.717) is 10.7 Å². The number of nitrogens with zero attached hydrogens (tertiary/aromatic N) is 1. The van der Waals surface area contributed by atoms with Crippen molar-refractivity contribution in [2.75, 3.05) is 5.73 Å². The van der Waals surface area contributed by atoms with Crippen molar-refractivity contribution < 1.29 is 4.52 Å². The molecule has 0 fully saturated rings. The highest BCUT2D eigenvalue weighted by Crippen LogP contribution is 2.39. The quantitative estimate of drug-likeness (QED) is 0.755. The molecule has 3 rings (SSSR count). The van der Waals surface area contributed by atoms with Gasteiger partial charge in [0, 0.05) is 16.1 Å². The number of rotatable bonds is 3. The fourth-order valence-electron chi connectivity index (χ4n) is 2.32. The third-order valence-corrected chi connectivity index (χ3v) is 3.83. The van der Waals surface area contributed by atoms with E-state index in [0.717, 1.165) is 23.1 Å². The van der Waals surface area contributed by atoms with E-state index in [-0.39, 0.29) is 5.88 Å². The number of hydrogen-bond acceptors (Lipinski definition) is 3. The van der Waals surface area contributed by atoms with Gasteiger partial charge in [0.2, 0.25) is 5.88 Å². The van der Waals surface area contributed by atoms with Crippen molar-refractivity contribution in [2.45, 2.75) is 13.3 Å². The van der Waals surface area contributed by atoms with Crippen molar-refractivity contribution in [3.63, 3.8) is 0 Å². The molecule has 1 heterocycles. The van der Waals surface area contributed by atoms with Crippen LogP contribution in [0.25, 0.3) is 22.4 Å². The molecular formula is C17H15ClN2O. The van der Waals surface area contributed by atoms with Gasteiger partial charge >= 0.3 is 0 Å². The third kappa shape index (κ3) is 2.52. The van der Waals surface area contributed by atoms with Gasteiger partial charge in [0.25, 0.3) is 0 Å². The standard InChI is InChI=1S/C17H15ClN2O/c1-2-11-7-9-12(10-8-11)16-15(17(19)21-20-16)13-5-3-4-6-14(13)18/h3-10H,2,19H2,1H3. The van der Waals surface area contributed by atoms with E-state index >= 15 is 0 Å². The molecule has 0 aliphatic rings. The normalized spacial score (nSPS) is 10.8. The molecule has 0 spiro atoms. The molecule has 0 atom stereocenters. The summed E-state index contributed by atoms with van der Waals surface area (Å²) in [6.07, 6.45) is 0.999. The summed E-state index contributed by atoms with van der Waals surface area (Å²) in [6.45, 7) is 2.12. The van der Waals surface area contributed by atoms with Crippen LogP contribution >= 0.6 is 11.6 Å². The summed E-state index contributed by atoms with van der Waals surface area (Å²) in [4.78, 5) is 0. The molecule has 0 bridgehead atoms. The van der Waals surface area contributed by atoms with Gasteiger partial charge in [-0.1, -0.05) is 66.1 Å². The maximum atomic E-state index is 6.27. The van der Waals surface area contributed by atoms with Crippen molar-refractivity contribution in [3.8, 4) is 22.4 Å². The highest BCUT2D eigenvalue weighted by molar-refractivity contribution is 6.33. The van der Waals surface area contributed by atoms with Gasteiger partial charge in [-0.25, -0.2) is 0 Å². The van der Waals surface area contributed by atoms with Crippen LogP contribution < -0.4 is 5.73 Å². The minimum Gasteiger partial charge on any atom is -0.367 e. The number of aryl methyl sites for hydroxylation is 1. The van der Waals surface area contributed by atoms with Crippen molar-refractivity contribution in [1.29, 1.82) is 0 Å². The molecule has 21 heavy (non-hydrogen) atoms. The van der Waals surface area contributed by atoms with Gasteiger partial charge in [0.15, 0.2) is 0 Å². The van der Waals surface area contributed by atoms with Crippen molar-refractivity contribution >= 4 is 17.5 Å². The molecule has 0 amide bonds. The molecule has 3 aromatic rings. The van der Waals surface area contributed by atoms with Gasteiger partial charge < -0.3 is 10.3 Å². The third-order valence-electron chi connectivity index (χ3n) is 3.50. The first-order valence-electron chi connectivity index (χ1n) is 6.80. The average Bonchev–Trinajstić information content (AvgIpc) is 2.89. The van der Waals surface area contributed by atoms with Crippen molar-refractivity contribution in [2.24, 2.45) is 0 Å². The fourth-order valence-corrected chi connectivity index (χ4v) is 2.55. The average molecular weight is 299 g/mol. The lowest BCUT2D eigenvalue weighted by Gasteiger charge is -2.05. The molecule has 3 nitrogen and oxygen atoms in total. The van der Waals surface area contributed by atoms with E-state index in [1.54, 1.807) is 0 Å². The summed E-state index contributed by atoms with van der Waals surface area (Å²) in [5.41, 5.74) is 10.5. The molecule has 2 aromatic carbocycles. The molecule has 4 heteroatoms.